The van der Waals surface area contributed by atoms with Gasteiger partial charge in [0.05, 0.1) is 0 Å². The first-order valence-electron chi connectivity index (χ1n) is 11.0. The van der Waals surface area contributed by atoms with Crippen molar-refractivity contribution in [2.24, 2.45) is 0 Å². The Hall–Kier alpha value is -1.18. The van der Waals surface area contributed by atoms with Crippen molar-refractivity contribution in [1.82, 2.24) is 0 Å². The third-order valence-electron chi connectivity index (χ3n) is 3.68. The molecule has 0 rings (SSSR count). The summed E-state index contributed by atoms with van der Waals surface area (Å²) in [7, 11) is -16.4. The highest BCUT2D eigenvalue weighted by Gasteiger charge is 2.37. The maximum absolute atomic E-state index is 11.3. The van der Waals surface area contributed by atoms with E-state index in [9.17, 15) is 46.6 Å². The van der Waals surface area contributed by atoms with Crippen LogP contribution < -0.4 is 0 Å². The Bertz CT molecular complexity index is 1340. The zero-order chi connectivity index (χ0) is 33.9. The van der Waals surface area contributed by atoms with Gasteiger partial charge in [0, 0.05) is 13.8 Å². The molecular formula is C20H42N4O10P6. The smallest absolute Gasteiger partial charge is 0.360 e. The molecule has 0 aliphatic rings. The summed E-state index contributed by atoms with van der Waals surface area (Å²) in [6.45, 7) is 18.8. The van der Waals surface area contributed by atoms with Crippen LogP contribution in [-0.4, -0.2) is 123 Å². The van der Waals surface area contributed by atoms with Crippen LogP contribution in [0, 0.1) is 0 Å². The van der Waals surface area contributed by atoms with Crippen LogP contribution in [-0.2, 0) is 41.8 Å². The van der Waals surface area contributed by atoms with Gasteiger partial charge >= 0.3 is 10.6 Å². The summed E-state index contributed by atoms with van der Waals surface area (Å²) in [6.07, 6.45) is 0. The largest absolute Gasteiger partial charge is 0.388 e. The predicted molar refractivity (Wildman–Crippen MR) is 166 cm³/mol. The van der Waals surface area contributed by atoms with Gasteiger partial charge < -0.3 is 38.5 Å². The summed E-state index contributed by atoms with van der Waals surface area (Å²) < 4.78 is 66.6. The summed E-state index contributed by atoms with van der Waals surface area (Å²) in [5.74, 6) is -1.07. The van der Waals surface area contributed by atoms with Crippen LogP contribution in [0.2, 0.25) is 0 Å². The van der Waals surface area contributed by atoms with Crippen LogP contribution in [0.5, 0.6) is 0 Å². The third-order valence-corrected chi connectivity index (χ3v) is 16.1. The van der Waals surface area contributed by atoms with Crippen LogP contribution in [0.25, 0.3) is 11.1 Å². The van der Waals surface area contributed by atoms with Crippen molar-refractivity contribution >= 4 is 75.9 Å². The first-order valence-corrected chi connectivity index (χ1v) is 26.6. The zero-order valence-corrected chi connectivity index (χ0v) is 30.9. The molecule has 0 fully saturated rings. The molecule has 0 aromatic heterocycles. The van der Waals surface area contributed by atoms with Gasteiger partial charge in [-0.05, 0) is 80.0 Å². The molecule has 14 nitrogen and oxygen atoms in total. The van der Waals surface area contributed by atoms with E-state index in [0.717, 1.165) is 6.92 Å². The SMILES string of the molecule is CC(=O)C(=O)P(C)(C)=O.CC(=O)C(=[N+]=[N-])P(C)(C)=O.CP(C)(=O)C(=O)P(C)(C)=O.CP(C)(=O)C(=[N+]=[N-])P(C)(C)=O. The molecule has 0 N–H and O–H groups in total. The van der Waals surface area contributed by atoms with Crippen LogP contribution >= 0.6 is 42.9 Å². The van der Waals surface area contributed by atoms with E-state index in [2.05, 4.69) is 9.58 Å². The molecule has 0 aliphatic carbocycles. The standard InChI is InChI=1S/C5H12N2O2P2.C5H9N2O2P.C5H12O3P2.C5H9O3P/c1-10(2,8)5(7-6)11(3,4)9;1-4(8)5(7-6)10(2,3)9;1-9(2,7)5(6)10(3,4)8;1-4(6)5(7)9(2,3)8/h1-4H3;1-3H3;1-4H3;1-3H3. The molecule has 0 bridgehead atoms. The Morgan fingerprint density at radius 3 is 0.750 bits per heavy atom. The predicted octanol–water partition coefficient (Wildman–Crippen LogP) is 5.72. The molecule has 0 radical (unpaired) electrons. The minimum absolute atomic E-state index is 0.0509. The molecule has 0 saturated carbocycles. The molecule has 232 valence electrons. The Labute approximate surface area is 236 Å². The fourth-order valence-electron chi connectivity index (χ4n) is 2.31. The number of rotatable bonds is 8. The fraction of sp³-hybridized carbons (Fsp3) is 0.700. The number of carbonyl (C=O) groups is 4. The molecule has 0 aromatic carbocycles. The second-order valence-corrected chi connectivity index (χ2v) is 30.0. The molecule has 0 amide bonds. The van der Waals surface area contributed by atoms with Crippen molar-refractivity contribution in [3.63, 3.8) is 0 Å². The third kappa shape index (κ3) is 21.6. The van der Waals surface area contributed by atoms with Crippen molar-refractivity contribution in [2.45, 2.75) is 13.8 Å². The highest BCUT2D eigenvalue weighted by Crippen LogP contribution is 2.56. The van der Waals surface area contributed by atoms with Crippen molar-refractivity contribution in [2.75, 3.05) is 80.0 Å². The average molecular weight is 684 g/mol. The fourth-order valence-corrected chi connectivity index (χ4v) is 13.8. The van der Waals surface area contributed by atoms with Gasteiger partial charge in [0.25, 0.3) is 5.52 Å². The van der Waals surface area contributed by atoms with E-state index in [-0.39, 0.29) is 10.6 Å². The molecule has 0 aromatic rings. The molecule has 0 spiro atoms. The number of Topliss-reactive ketones (excluding diaryl/α,β-unsaturated/α-hetero) is 2. The van der Waals surface area contributed by atoms with E-state index in [1.165, 1.54) is 86.9 Å². The second-order valence-electron chi connectivity index (χ2n) is 10.6. The first-order chi connectivity index (χ1) is 17.1. The molecule has 0 saturated heterocycles. The number of nitrogens with zero attached hydrogens (tertiary/aromatic N) is 4. The van der Waals surface area contributed by atoms with Crippen molar-refractivity contribution < 1.29 is 56.1 Å². The maximum atomic E-state index is 11.3. The van der Waals surface area contributed by atoms with Crippen molar-refractivity contribution in [3.05, 3.63) is 11.1 Å². The lowest BCUT2D eigenvalue weighted by Crippen LogP contribution is -2.10. The lowest BCUT2D eigenvalue weighted by molar-refractivity contribution is -0.130. The molecule has 0 aliphatic heterocycles. The van der Waals surface area contributed by atoms with E-state index in [1.54, 1.807) is 0 Å². The Balaban J connectivity index is -0.000000217. The average Bonchev–Trinajstić information content (AvgIpc) is 2.63. The number of hydrogen-bond acceptors (Lipinski definition) is 10. The van der Waals surface area contributed by atoms with Crippen molar-refractivity contribution in [3.8, 4) is 0 Å². The molecular weight excluding hydrogens is 642 g/mol. The molecule has 20 heteroatoms. The van der Waals surface area contributed by atoms with Crippen LogP contribution in [0.15, 0.2) is 0 Å². The van der Waals surface area contributed by atoms with Crippen LogP contribution in [0.4, 0.5) is 4.79 Å². The van der Waals surface area contributed by atoms with E-state index < -0.39 is 65.2 Å². The summed E-state index contributed by atoms with van der Waals surface area (Å²) in [5.41, 5.74) is 15.7. The molecule has 0 unspecified atom stereocenters. The highest BCUT2D eigenvalue weighted by molar-refractivity contribution is 8.05. The van der Waals surface area contributed by atoms with Crippen LogP contribution in [0.3, 0.4) is 0 Å². The number of ketones is 2. The normalized spacial score (nSPS) is 11.8. The van der Waals surface area contributed by atoms with Gasteiger partial charge in [0.15, 0.2) is 42.9 Å². The molecule has 0 atom stereocenters. The van der Waals surface area contributed by atoms with Gasteiger partial charge in [-0.15, -0.1) is 0 Å². The Morgan fingerprint density at radius 2 is 0.750 bits per heavy atom. The lowest BCUT2D eigenvalue weighted by atomic mass is 10.5. The summed E-state index contributed by atoms with van der Waals surface area (Å²) >= 11 is 0. The van der Waals surface area contributed by atoms with E-state index in [4.69, 9.17) is 11.1 Å². The van der Waals surface area contributed by atoms with Crippen LogP contribution in [0.1, 0.15) is 13.8 Å². The van der Waals surface area contributed by atoms with Gasteiger partial charge in [0.2, 0.25) is 16.8 Å². The first kappa shape index (κ1) is 45.8. The summed E-state index contributed by atoms with van der Waals surface area (Å²) in [6, 6.07) is 0. The lowest BCUT2D eigenvalue weighted by Gasteiger charge is -2.07. The van der Waals surface area contributed by atoms with E-state index in [0.29, 0.717) is 0 Å². The maximum Gasteiger partial charge on any atom is 0.388 e. The topological polar surface area (TPSA) is 243 Å². The summed E-state index contributed by atoms with van der Waals surface area (Å²) in [4.78, 5) is 47.8. The van der Waals surface area contributed by atoms with Gasteiger partial charge in [-0.1, -0.05) is 0 Å². The van der Waals surface area contributed by atoms with Crippen molar-refractivity contribution in [1.29, 1.82) is 0 Å². The van der Waals surface area contributed by atoms with Gasteiger partial charge in [-0.2, -0.15) is 9.58 Å². The van der Waals surface area contributed by atoms with Gasteiger partial charge in [-0.25, -0.2) is 0 Å². The number of hydrogen-bond donors (Lipinski definition) is 0. The minimum atomic E-state index is -2.80. The summed E-state index contributed by atoms with van der Waals surface area (Å²) in [5, 5.41) is -0.620. The Kier molecular flexibility index (Phi) is 19.5. The molecule has 0 heterocycles. The quantitative estimate of drug-likeness (QED) is 0.0989. The van der Waals surface area contributed by atoms with E-state index >= 15 is 0 Å². The van der Waals surface area contributed by atoms with Gasteiger partial charge in [-0.3, -0.25) is 19.2 Å². The van der Waals surface area contributed by atoms with E-state index in [1.807, 2.05) is 0 Å². The second kappa shape index (κ2) is 17.1. The van der Waals surface area contributed by atoms with Gasteiger partial charge in [0.1, 0.15) is 0 Å². The highest BCUT2D eigenvalue weighted by atomic mass is 31.2. The monoisotopic (exact) mass is 684 g/mol. The zero-order valence-electron chi connectivity index (χ0n) is 25.6. The Morgan fingerprint density at radius 1 is 0.450 bits per heavy atom. The molecule has 40 heavy (non-hydrogen) atoms. The number of carbonyl (C=O) groups excluding carboxylic acids is 4. The minimum Gasteiger partial charge on any atom is -0.360 e.